The summed E-state index contributed by atoms with van der Waals surface area (Å²) in [6.07, 6.45) is 2.08. The molecule has 0 saturated carbocycles. The Hall–Kier alpha value is -2.10. The van der Waals surface area contributed by atoms with Gasteiger partial charge in [-0.05, 0) is 18.6 Å². The molecular weight excluding hydrogens is 214 g/mol. The zero-order valence-electron chi connectivity index (χ0n) is 9.73. The Morgan fingerprint density at radius 2 is 2.29 bits per heavy atom. The molecule has 0 fully saturated rings. The molecule has 1 amide bonds. The van der Waals surface area contributed by atoms with Gasteiger partial charge in [-0.25, -0.2) is 0 Å². The first kappa shape index (κ1) is 11.4. The number of aryl methyl sites for hydroxylation is 1. The first-order valence-corrected chi connectivity index (χ1v) is 5.54. The Bertz CT molecular complexity index is 491. The fraction of sp³-hybridized carbons (Fsp3) is 0.231. The van der Waals surface area contributed by atoms with Crippen LogP contribution in [0.4, 0.5) is 0 Å². The normalized spacial score (nSPS) is 10.2. The Labute approximate surface area is 100 Å². The van der Waals surface area contributed by atoms with Crippen LogP contribution in [0.15, 0.2) is 36.5 Å². The average Bonchev–Trinajstić information content (AvgIpc) is 2.79. The van der Waals surface area contributed by atoms with Crippen molar-refractivity contribution in [1.82, 2.24) is 15.5 Å². The molecule has 4 heteroatoms. The molecule has 1 aromatic heterocycles. The second-order valence-electron chi connectivity index (χ2n) is 4.02. The molecule has 88 valence electrons. The molecule has 0 atom stereocenters. The van der Waals surface area contributed by atoms with Crippen LogP contribution in [0.25, 0.3) is 0 Å². The third-order valence-corrected chi connectivity index (χ3v) is 2.48. The molecule has 0 aliphatic carbocycles. The number of carbonyl (C=O) groups is 1. The molecule has 0 spiro atoms. The monoisotopic (exact) mass is 229 g/mol. The molecule has 17 heavy (non-hydrogen) atoms. The van der Waals surface area contributed by atoms with E-state index in [0.717, 1.165) is 11.3 Å². The van der Waals surface area contributed by atoms with E-state index < -0.39 is 0 Å². The van der Waals surface area contributed by atoms with Crippen LogP contribution in [-0.4, -0.2) is 16.1 Å². The number of nitrogens with one attached hydrogen (secondary N) is 2. The molecule has 0 aliphatic heterocycles. The topological polar surface area (TPSA) is 57.8 Å². The molecule has 1 aromatic carbocycles. The summed E-state index contributed by atoms with van der Waals surface area (Å²) in [5, 5.41) is 9.46. The van der Waals surface area contributed by atoms with E-state index in [0.29, 0.717) is 13.0 Å². The van der Waals surface area contributed by atoms with Gasteiger partial charge in [-0.1, -0.05) is 29.8 Å². The summed E-state index contributed by atoms with van der Waals surface area (Å²) in [5.41, 5.74) is 3.11. The standard InChI is InChI=1S/C13H15N3O/c1-10-3-2-4-11(7-10)8-13(17)14-9-12-5-6-15-16-12/h2-7H,8-9H2,1H3,(H,14,17)(H,15,16). The van der Waals surface area contributed by atoms with Gasteiger partial charge in [0.25, 0.3) is 0 Å². The van der Waals surface area contributed by atoms with Crippen LogP contribution in [0.1, 0.15) is 16.8 Å². The van der Waals surface area contributed by atoms with Crippen molar-refractivity contribution in [2.45, 2.75) is 19.9 Å². The molecule has 2 aromatic rings. The summed E-state index contributed by atoms with van der Waals surface area (Å²) in [6, 6.07) is 9.81. The lowest BCUT2D eigenvalue weighted by Gasteiger charge is -2.04. The Morgan fingerprint density at radius 1 is 1.41 bits per heavy atom. The van der Waals surface area contributed by atoms with Gasteiger partial charge in [0.1, 0.15) is 0 Å². The van der Waals surface area contributed by atoms with Gasteiger partial charge in [0.05, 0.1) is 18.7 Å². The van der Waals surface area contributed by atoms with Crippen molar-refractivity contribution in [3.05, 3.63) is 53.3 Å². The van der Waals surface area contributed by atoms with Crippen LogP contribution in [-0.2, 0) is 17.8 Å². The van der Waals surface area contributed by atoms with E-state index >= 15 is 0 Å². The average molecular weight is 229 g/mol. The summed E-state index contributed by atoms with van der Waals surface area (Å²) in [6.45, 7) is 2.51. The quantitative estimate of drug-likeness (QED) is 0.836. The van der Waals surface area contributed by atoms with E-state index in [-0.39, 0.29) is 5.91 Å². The second-order valence-corrected chi connectivity index (χ2v) is 4.02. The minimum Gasteiger partial charge on any atom is -0.350 e. The van der Waals surface area contributed by atoms with Crippen molar-refractivity contribution in [3.63, 3.8) is 0 Å². The minimum atomic E-state index is 0.0187. The van der Waals surface area contributed by atoms with Crippen molar-refractivity contribution >= 4 is 5.91 Å². The van der Waals surface area contributed by atoms with Gasteiger partial charge in [-0.15, -0.1) is 0 Å². The summed E-state index contributed by atoms with van der Waals surface area (Å²) >= 11 is 0. The number of H-pyrrole nitrogens is 1. The summed E-state index contributed by atoms with van der Waals surface area (Å²) in [4.78, 5) is 11.7. The van der Waals surface area contributed by atoms with Gasteiger partial charge in [-0.3, -0.25) is 9.89 Å². The fourth-order valence-corrected chi connectivity index (χ4v) is 1.65. The highest BCUT2D eigenvalue weighted by molar-refractivity contribution is 5.78. The minimum absolute atomic E-state index is 0.0187. The van der Waals surface area contributed by atoms with E-state index in [1.165, 1.54) is 5.56 Å². The molecular formula is C13H15N3O. The van der Waals surface area contributed by atoms with Gasteiger partial charge < -0.3 is 5.32 Å². The van der Waals surface area contributed by atoms with Crippen molar-refractivity contribution < 1.29 is 4.79 Å². The molecule has 0 bridgehead atoms. The lowest BCUT2D eigenvalue weighted by atomic mass is 10.1. The van der Waals surface area contributed by atoms with Crippen LogP contribution in [0.3, 0.4) is 0 Å². The maximum absolute atomic E-state index is 11.7. The van der Waals surface area contributed by atoms with Crippen LogP contribution >= 0.6 is 0 Å². The Morgan fingerprint density at radius 3 is 3.00 bits per heavy atom. The van der Waals surface area contributed by atoms with E-state index in [2.05, 4.69) is 15.5 Å². The predicted octanol–water partition coefficient (Wildman–Crippen LogP) is 1.58. The molecule has 0 radical (unpaired) electrons. The highest BCUT2D eigenvalue weighted by Crippen LogP contribution is 2.04. The van der Waals surface area contributed by atoms with Gasteiger partial charge in [0.2, 0.25) is 5.91 Å². The molecule has 2 N–H and O–H groups in total. The number of carbonyl (C=O) groups excluding carboxylic acids is 1. The Kier molecular flexibility index (Phi) is 3.55. The number of hydrogen-bond acceptors (Lipinski definition) is 2. The number of hydrogen-bond donors (Lipinski definition) is 2. The first-order chi connectivity index (χ1) is 8.24. The van der Waals surface area contributed by atoms with Crippen LogP contribution in [0.2, 0.25) is 0 Å². The highest BCUT2D eigenvalue weighted by atomic mass is 16.1. The molecule has 0 unspecified atom stereocenters. The SMILES string of the molecule is Cc1cccc(CC(=O)NCc2ccn[nH]2)c1. The van der Waals surface area contributed by atoms with E-state index in [1.54, 1.807) is 6.20 Å². The summed E-state index contributed by atoms with van der Waals surface area (Å²) in [5.74, 6) is 0.0187. The van der Waals surface area contributed by atoms with Gasteiger partial charge in [0, 0.05) is 6.20 Å². The fourth-order valence-electron chi connectivity index (χ4n) is 1.65. The summed E-state index contributed by atoms with van der Waals surface area (Å²) < 4.78 is 0. The molecule has 1 heterocycles. The number of amides is 1. The lowest BCUT2D eigenvalue weighted by molar-refractivity contribution is -0.120. The van der Waals surface area contributed by atoms with Crippen LogP contribution in [0.5, 0.6) is 0 Å². The van der Waals surface area contributed by atoms with Gasteiger partial charge in [-0.2, -0.15) is 5.10 Å². The summed E-state index contributed by atoms with van der Waals surface area (Å²) in [7, 11) is 0. The van der Waals surface area contributed by atoms with E-state index in [1.807, 2.05) is 37.3 Å². The van der Waals surface area contributed by atoms with Gasteiger partial charge in [0.15, 0.2) is 0 Å². The first-order valence-electron chi connectivity index (χ1n) is 5.54. The van der Waals surface area contributed by atoms with E-state index in [9.17, 15) is 4.79 Å². The number of nitrogens with zero attached hydrogens (tertiary/aromatic N) is 1. The molecule has 0 saturated heterocycles. The zero-order valence-corrected chi connectivity index (χ0v) is 9.73. The largest absolute Gasteiger partial charge is 0.350 e. The molecule has 2 rings (SSSR count). The third kappa shape index (κ3) is 3.45. The highest BCUT2D eigenvalue weighted by Gasteiger charge is 2.03. The predicted molar refractivity (Wildman–Crippen MR) is 65.3 cm³/mol. The van der Waals surface area contributed by atoms with Crippen LogP contribution < -0.4 is 5.32 Å². The number of aromatic nitrogens is 2. The molecule has 4 nitrogen and oxygen atoms in total. The van der Waals surface area contributed by atoms with Crippen molar-refractivity contribution in [3.8, 4) is 0 Å². The lowest BCUT2D eigenvalue weighted by Crippen LogP contribution is -2.24. The molecule has 0 aliphatic rings. The third-order valence-electron chi connectivity index (χ3n) is 2.48. The van der Waals surface area contributed by atoms with Crippen molar-refractivity contribution in [2.75, 3.05) is 0 Å². The maximum atomic E-state index is 11.7. The Balaban J connectivity index is 1.85. The van der Waals surface area contributed by atoms with E-state index in [4.69, 9.17) is 0 Å². The zero-order chi connectivity index (χ0) is 12.1. The van der Waals surface area contributed by atoms with Gasteiger partial charge >= 0.3 is 0 Å². The second kappa shape index (κ2) is 5.30. The maximum Gasteiger partial charge on any atom is 0.224 e. The van der Waals surface area contributed by atoms with Crippen LogP contribution in [0, 0.1) is 6.92 Å². The van der Waals surface area contributed by atoms with Crippen molar-refractivity contribution in [2.24, 2.45) is 0 Å². The number of benzene rings is 1. The van der Waals surface area contributed by atoms with Crippen molar-refractivity contribution in [1.29, 1.82) is 0 Å². The smallest absolute Gasteiger partial charge is 0.224 e. The number of aromatic amines is 1. The number of rotatable bonds is 4.